The number of nitrogens with one attached hydrogen (secondary N) is 1. The zero-order valence-corrected chi connectivity index (χ0v) is 22.0. The predicted octanol–water partition coefficient (Wildman–Crippen LogP) is 7.82. The molecule has 1 aliphatic rings. The number of ether oxygens (including phenoxy) is 3. The van der Waals surface area contributed by atoms with Crippen LogP contribution in [0.4, 0.5) is 18.4 Å². The smallest absolute Gasteiger partial charge is 0.410 e. The van der Waals surface area contributed by atoms with Crippen molar-refractivity contribution in [1.82, 2.24) is 9.88 Å². The zero-order chi connectivity index (χ0) is 28.5. The molecule has 0 saturated heterocycles. The molecule has 2 heterocycles. The Morgan fingerprint density at radius 1 is 0.780 bits per heavy atom. The number of nitrogens with zero attached hydrogens (tertiary/aromatic N) is 1. The first-order valence-corrected chi connectivity index (χ1v) is 13.0. The minimum absolute atomic E-state index is 0.136. The molecule has 7 nitrogen and oxygen atoms in total. The van der Waals surface area contributed by atoms with Gasteiger partial charge >= 0.3 is 12.2 Å². The van der Waals surface area contributed by atoms with Crippen LogP contribution in [-0.4, -0.2) is 28.7 Å². The van der Waals surface area contributed by atoms with Gasteiger partial charge in [0.1, 0.15) is 34.9 Å². The van der Waals surface area contributed by atoms with Crippen LogP contribution in [-0.2, 0) is 6.42 Å². The molecule has 1 amide bonds. The number of benzene rings is 4. The van der Waals surface area contributed by atoms with Crippen LogP contribution in [0.25, 0.3) is 10.9 Å². The van der Waals surface area contributed by atoms with Gasteiger partial charge in [0, 0.05) is 28.2 Å². The number of halogens is 3. The number of carbonyl (C=O) groups is 2. The number of aromatic amines is 1. The molecular formula is C31H21ClF2N2O5. The zero-order valence-electron chi connectivity index (χ0n) is 21.3. The van der Waals surface area contributed by atoms with Crippen molar-refractivity contribution >= 4 is 34.8 Å². The summed E-state index contributed by atoms with van der Waals surface area (Å²) in [6.45, 7) is 0.347. The summed E-state index contributed by atoms with van der Waals surface area (Å²) < 4.78 is 42.4. The van der Waals surface area contributed by atoms with Gasteiger partial charge in [-0.3, -0.25) is 4.90 Å². The van der Waals surface area contributed by atoms with Crippen LogP contribution in [0, 0.1) is 11.6 Å². The Kier molecular flexibility index (Phi) is 7.03. The molecule has 1 N–H and O–H groups in total. The SMILES string of the molecule is O=C(Oc1ccc(F)cc1)Oc1ccc(C2c3[nH]c4ccc(Cl)cc4c3CCN2C(=O)Oc2ccc(F)cc2)cc1. The average Bonchev–Trinajstić information content (AvgIpc) is 3.33. The van der Waals surface area contributed by atoms with Crippen LogP contribution >= 0.6 is 11.6 Å². The molecule has 0 spiro atoms. The second-order valence-electron chi connectivity index (χ2n) is 9.35. The summed E-state index contributed by atoms with van der Waals surface area (Å²) in [5.74, 6) is -0.336. The van der Waals surface area contributed by atoms with Crippen molar-refractivity contribution in [1.29, 1.82) is 0 Å². The van der Waals surface area contributed by atoms with Crippen molar-refractivity contribution in [3.8, 4) is 17.2 Å². The van der Waals surface area contributed by atoms with Gasteiger partial charge < -0.3 is 19.2 Å². The normalized spacial score (nSPS) is 14.4. The number of carbonyl (C=O) groups excluding carboxylic acids is 2. The maximum absolute atomic E-state index is 13.4. The summed E-state index contributed by atoms with van der Waals surface area (Å²) >= 11 is 6.28. The van der Waals surface area contributed by atoms with Crippen LogP contribution in [0.2, 0.25) is 5.02 Å². The van der Waals surface area contributed by atoms with E-state index in [1.165, 1.54) is 48.5 Å². The summed E-state index contributed by atoms with van der Waals surface area (Å²) in [5, 5.41) is 1.57. The largest absolute Gasteiger partial charge is 0.519 e. The molecule has 1 aromatic heterocycles. The molecule has 41 heavy (non-hydrogen) atoms. The van der Waals surface area contributed by atoms with E-state index >= 15 is 0 Å². The standard InChI is InChI=1S/C31H21ClF2N2O5/c32-19-3-14-27-26(17-19)25-15-16-36(30(37)39-22-10-4-20(33)5-11-22)29(28(25)35-27)18-1-8-23(9-2-18)40-31(38)41-24-12-6-21(34)7-13-24/h1-14,17,29,35H,15-16H2. The number of hydrogen-bond donors (Lipinski definition) is 1. The Bertz CT molecular complexity index is 1740. The van der Waals surface area contributed by atoms with E-state index in [1.54, 1.807) is 35.2 Å². The minimum atomic E-state index is -0.985. The molecule has 1 atom stereocenters. The van der Waals surface area contributed by atoms with Crippen LogP contribution in [0.15, 0.2) is 91.0 Å². The van der Waals surface area contributed by atoms with Gasteiger partial charge in [-0.1, -0.05) is 23.7 Å². The molecule has 0 fully saturated rings. The highest BCUT2D eigenvalue weighted by Crippen LogP contribution is 2.40. The number of fused-ring (bicyclic) bond motifs is 3. The Balaban J connectivity index is 1.29. The molecule has 1 aliphatic heterocycles. The summed E-state index contributed by atoms with van der Waals surface area (Å²) in [7, 11) is 0. The number of aromatic nitrogens is 1. The fourth-order valence-electron chi connectivity index (χ4n) is 4.90. The van der Waals surface area contributed by atoms with Gasteiger partial charge in [-0.2, -0.15) is 0 Å². The van der Waals surface area contributed by atoms with Crippen LogP contribution in [0.5, 0.6) is 17.2 Å². The van der Waals surface area contributed by atoms with E-state index in [9.17, 15) is 18.4 Å². The molecule has 1 unspecified atom stereocenters. The first-order valence-electron chi connectivity index (χ1n) is 12.6. The lowest BCUT2D eigenvalue weighted by Gasteiger charge is -2.35. The average molecular weight is 575 g/mol. The third kappa shape index (κ3) is 5.57. The number of H-pyrrole nitrogens is 1. The van der Waals surface area contributed by atoms with Crippen molar-refractivity contribution in [2.75, 3.05) is 6.54 Å². The predicted molar refractivity (Wildman–Crippen MR) is 147 cm³/mol. The van der Waals surface area contributed by atoms with Crippen molar-refractivity contribution in [2.24, 2.45) is 0 Å². The number of hydrogen-bond acceptors (Lipinski definition) is 5. The van der Waals surface area contributed by atoms with E-state index in [1.807, 2.05) is 12.1 Å². The number of rotatable bonds is 4. The number of amides is 1. The summed E-state index contributed by atoms with van der Waals surface area (Å²) in [6, 6.07) is 21.8. The van der Waals surface area contributed by atoms with Crippen LogP contribution < -0.4 is 14.2 Å². The lowest BCUT2D eigenvalue weighted by atomic mass is 9.92. The molecular weight excluding hydrogens is 554 g/mol. The second kappa shape index (κ2) is 10.9. The quantitative estimate of drug-likeness (QED) is 0.175. The minimum Gasteiger partial charge on any atom is -0.410 e. The fraction of sp³-hybridized carbons (Fsp3) is 0.0968. The molecule has 0 radical (unpaired) electrons. The third-order valence-corrected chi connectivity index (χ3v) is 6.99. The van der Waals surface area contributed by atoms with Gasteiger partial charge in [-0.25, -0.2) is 18.4 Å². The molecule has 4 aromatic carbocycles. The Morgan fingerprint density at radius 2 is 1.34 bits per heavy atom. The van der Waals surface area contributed by atoms with E-state index in [0.717, 1.165) is 27.7 Å². The van der Waals surface area contributed by atoms with Crippen LogP contribution in [0.1, 0.15) is 22.9 Å². The molecule has 6 rings (SSSR count). The summed E-state index contributed by atoms with van der Waals surface area (Å²) in [4.78, 5) is 30.6. The molecule has 0 aliphatic carbocycles. The summed E-state index contributed by atoms with van der Waals surface area (Å²) in [6.07, 6.45) is -1.03. The first-order chi connectivity index (χ1) is 19.8. The Morgan fingerprint density at radius 3 is 1.95 bits per heavy atom. The van der Waals surface area contributed by atoms with Gasteiger partial charge in [0.2, 0.25) is 0 Å². The van der Waals surface area contributed by atoms with E-state index in [2.05, 4.69) is 4.98 Å². The first kappa shape index (κ1) is 26.3. The lowest BCUT2D eigenvalue weighted by molar-refractivity contribution is 0.135. The lowest BCUT2D eigenvalue weighted by Crippen LogP contribution is -2.42. The van der Waals surface area contributed by atoms with Gasteiger partial charge in [0.05, 0.1) is 0 Å². The van der Waals surface area contributed by atoms with Crippen molar-refractivity contribution in [3.63, 3.8) is 0 Å². The van der Waals surface area contributed by atoms with E-state index in [4.69, 9.17) is 25.8 Å². The second-order valence-corrected chi connectivity index (χ2v) is 9.79. The molecule has 0 saturated carbocycles. The van der Waals surface area contributed by atoms with Gasteiger partial charge in [0.25, 0.3) is 0 Å². The molecule has 206 valence electrons. The summed E-state index contributed by atoms with van der Waals surface area (Å²) in [5.41, 5.74) is 3.43. The molecule has 0 bridgehead atoms. The van der Waals surface area contributed by atoms with E-state index in [0.29, 0.717) is 18.0 Å². The molecule has 10 heteroatoms. The Labute approximate surface area is 237 Å². The maximum Gasteiger partial charge on any atom is 0.519 e. The Hall–Kier alpha value is -4.89. The highest BCUT2D eigenvalue weighted by Gasteiger charge is 2.36. The fourth-order valence-corrected chi connectivity index (χ4v) is 5.07. The van der Waals surface area contributed by atoms with Gasteiger partial charge in [0.15, 0.2) is 0 Å². The topological polar surface area (TPSA) is 80.9 Å². The van der Waals surface area contributed by atoms with E-state index < -0.39 is 29.9 Å². The third-order valence-electron chi connectivity index (χ3n) is 6.75. The maximum atomic E-state index is 13.4. The highest BCUT2D eigenvalue weighted by molar-refractivity contribution is 6.31. The van der Waals surface area contributed by atoms with Gasteiger partial charge in [-0.15, -0.1) is 0 Å². The van der Waals surface area contributed by atoms with Gasteiger partial charge in [-0.05, 0) is 96.4 Å². The van der Waals surface area contributed by atoms with Crippen molar-refractivity contribution in [3.05, 3.63) is 124 Å². The monoisotopic (exact) mass is 574 g/mol. The van der Waals surface area contributed by atoms with E-state index in [-0.39, 0.29) is 17.2 Å². The van der Waals surface area contributed by atoms with Crippen LogP contribution in [0.3, 0.4) is 0 Å². The van der Waals surface area contributed by atoms with Crippen molar-refractivity contribution < 1.29 is 32.6 Å². The van der Waals surface area contributed by atoms with Crippen molar-refractivity contribution in [2.45, 2.75) is 12.5 Å². The molecule has 5 aromatic rings. The highest BCUT2D eigenvalue weighted by atomic mass is 35.5.